The van der Waals surface area contributed by atoms with Crippen LogP contribution in [0.2, 0.25) is 0 Å². The number of carbonyl (C=O) groups excluding carboxylic acids is 1. The number of benzene rings is 2. The molecule has 2 atom stereocenters. The summed E-state index contributed by atoms with van der Waals surface area (Å²) in [4.78, 5) is 15.2. The minimum atomic E-state index is 0.0949. The Balaban J connectivity index is 1.35. The Morgan fingerprint density at radius 3 is 2.19 bits per heavy atom. The predicted molar refractivity (Wildman–Crippen MR) is 120 cm³/mol. The Kier molecular flexibility index (Phi) is 6.66. The second-order valence-corrected chi connectivity index (χ2v) is 8.50. The van der Waals surface area contributed by atoms with E-state index in [0.717, 1.165) is 47.8 Å². The molecule has 6 heteroatoms. The number of hydrogen-bond acceptors (Lipinski definition) is 5. The molecule has 2 unspecified atom stereocenters. The van der Waals surface area contributed by atoms with Crippen LogP contribution < -0.4 is 19.5 Å². The second kappa shape index (κ2) is 9.60. The number of nitrogens with zero attached hydrogens (tertiary/aromatic N) is 1. The zero-order chi connectivity index (χ0) is 21.8. The van der Waals surface area contributed by atoms with Gasteiger partial charge in [-0.3, -0.25) is 9.69 Å². The van der Waals surface area contributed by atoms with Gasteiger partial charge in [-0.2, -0.15) is 0 Å². The molecule has 1 amide bonds. The van der Waals surface area contributed by atoms with Gasteiger partial charge in [0.2, 0.25) is 5.91 Å². The van der Waals surface area contributed by atoms with Crippen molar-refractivity contribution in [2.75, 3.05) is 21.3 Å². The molecule has 0 saturated carbocycles. The molecule has 6 nitrogen and oxygen atoms in total. The van der Waals surface area contributed by atoms with E-state index in [1.54, 1.807) is 21.3 Å². The monoisotopic (exact) mass is 424 g/mol. The van der Waals surface area contributed by atoms with E-state index in [1.165, 1.54) is 12.8 Å². The van der Waals surface area contributed by atoms with Gasteiger partial charge in [0.1, 0.15) is 17.2 Å². The van der Waals surface area contributed by atoms with E-state index in [4.69, 9.17) is 14.2 Å². The van der Waals surface area contributed by atoms with E-state index in [1.807, 2.05) is 36.4 Å². The Morgan fingerprint density at radius 2 is 1.58 bits per heavy atom. The number of fused-ring (bicyclic) bond motifs is 2. The van der Waals surface area contributed by atoms with Gasteiger partial charge in [-0.1, -0.05) is 12.1 Å². The minimum absolute atomic E-state index is 0.0949. The molecule has 2 aliphatic rings. The average molecular weight is 425 g/mol. The van der Waals surface area contributed by atoms with Crippen molar-refractivity contribution in [3.63, 3.8) is 0 Å². The van der Waals surface area contributed by atoms with Crippen molar-refractivity contribution in [1.29, 1.82) is 0 Å². The summed E-state index contributed by atoms with van der Waals surface area (Å²) < 4.78 is 16.2. The molecule has 31 heavy (non-hydrogen) atoms. The predicted octanol–water partition coefficient (Wildman–Crippen LogP) is 3.57. The maximum atomic E-state index is 12.6. The van der Waals surface area contributed by atoms with Gasteiger partial charge in [0.05, 0.1) is 27.8 Å². The summed E-state index contributed by atoms with van der Waals surface area (Å²) in [5, 5.41) is 3.28. The van der Waals surface area contributed by atoms with Crippen molar-refractivity contribution in [2.45, 2.75) is 56.8 Å². The van der Waals surface area contributed by atoms with E-state index in [2.05, 4.69) is 16.3 Å². The van der Waals surface area contributed by atoms with E-state index in [0.29, 0.717) is 18.5 Å². The number of rotatable bonds is 8. The van der Waals surface area contributed by atoms with Gasteiger partial charge in [0.25, 0.3) is 0 Å². The van der Waals surface area contributed by atoms with Crippen molar-refractivity contribution >= 4 is 5.91 Å². The maximum absolute atomic E-state index is 12.6. The van der Waals surface area contributed by atoms with Crippen molar-refractivity contribution < 1.29 is 19.0 Å². The van der Waals surface area contributed by atoms with E-state index in [-0.39, 0.29) is 11.9 Å². The molecule has 166 valence electrons. The first kappa shape index (κ1) is 21.5. The summed E-state index contributed by atoms with van der Waals surface area (Å²) in [6.45, 7) is 0.849. The molecule has 2 aliphatic heterocycles. The van der Waals surface area contributed by atoms with Crippen molar-refractivity contribution in [3.05, 3.63) is 53.6 Å². The van der Waals surface area contributed by atoms with E-state index >= 15 is 0 Å². The first-order valence-corrected chi connectivity index (χ1v) is 11.0. The third-order valence-electron chi connectivity index (χ3n) is 6.61. The van der Waals surface area contributed by atoms with Crippen molar-refractivity contribution in [2.24, 2.45) is 0 Å². The number of piperidine rings is 1. The normalized spacial score (nSPS) is 22.7. The third kappa shape index (κ3) is 4.96. The summed E-state index contributed by atoms with van der Waals surface area (Å²) in [6, 6.07) is 14.9. The standard InChI is InChI=1S/C25H32N2O4/c1-29-22-8-4-17(5-9-22)12-25(28)26-19-14-20-6-7-21(15-19)27(20)16-18-13-23(30-2)10-11-24(18)31-3/h4-5,8-11,13,19-21H,6-7,12,14-16H2,1-3H3,(H,26,28). The molecule has 0 aliphatic carbocycles. The zero-order valence-corrected chi connectivity index (χ0v) is 18.6. The lowest BCUT2D eigenvalue weighted by atomic mass is 9.96. The van der Waals surface area contributed by atoms with Crippen LogP contribution in [0.1, 0.15) is 36.8 Å². The number of amides is 1. The maximum Gasteiger partial charge on any atom is 0.224 e. The molecule has 1 N–H and O–H groups in total. The first-order valence-electron chi connectivity index (χ1n) is 11.0. The molecule has 0 radical (unpaired) electrons. The van der Waals surface area contributed by atoms with Crippen LogP contribution in [0.4, 0.5) is 0 Å². The second-order valence-electron chi connectivity index (χ2n) is 8.50. The number of ether oxygens (including phenoxy) is 3. The van der Waals surface area contributed by atoms with Gasteiger partial charge in [-0.05, 0) is 61.6 Å². The summed E-state index contributed by atoms with van der Waals surface area (Å²) in [7, 11) is 5.05. The number of nitrogens with one attached hydrogen (secondary N) is 1. The number of carbonyl (C=O) groups is 1. The van der Waals surface area contributed by atoms with Crippen LogP contribution in [-0.2, 0) is 17.8 Å². The van der Waals surface area contributed by atoms with Gasteiger partial charge < -0.3 is 19.5 Å². The summed E-state index contributed by atoms with van der Waals surface area (Å²) in [5.41, 5.74) is 2.16. The molecular formula is C25H32N2O4. The smallest absolute Gasteiger partial charge is 0.224 e. The molecule has 2 heterocycles. The highest BCUT2D eigenvalue weighted by molar-refractivity contribution is 5.78. The van der Waals surface area contributed by atoms with E-state index < -0.39 is 0 Å². The fraction of sp³-hybridized carbons (Fsp3) is 0.480. The Bertz CT molecular complexity index is 885. The van der Waals surface area contributed by atoms with Gasteiger partial charge in [0.15, 0.2) is 0 Å². The van der Waals surface area contributed by atoms with Crippen molar-refractivity contribution in [1.82, 2.24) is 10.2 Å². The van der Waals surface area contributed by atoms with Gasteiger partial charge >= 0.3 is 0 Å². The number of hydrogen-bond donors (Lipinski definition) is 1. The molecule has 2 aromatic carbocycles. The lowest BCUT2D eigenvalue weighted by Gasteiger charge is -2.39. The molecule has 2 aromatic rings. The summed E-state index contributed by atoms with van der Waals surface area (Å²) >= 11 is 0. The average Bonchev–Trinajstić information content (AvgIpc) is 3.01. The Labute approximate surface area is 184 Å². The van der Waals surface area contributed by atoms with Crippen LogP contribution in [0.5, 0.6) is 17.2 Å². The van der Waals surface area contributed by atoms with E-state index in [9.17, 15) is 4.79 Å². The Morgan fingerprint density at radius 1 is 0.935 bits per heavy atom. The third-order valence-corrected chi connectivity index (χ3v) is 6.61. The lowest BCUT2D eigenvalue weighted by Crippen LogP contribution is -2.50. The SMILES string of the molecule is COc1ccc(CC(=O)NC2CC3CCC(C2)N3Cc2cc(OC)ccc2OC)cc1. The van der Waals surface area contributed by atoms with Gasteiger partial charge in [-0.15, -0.1) is 0 Å². The summed E-state index contributed by atoms with van der Waals surface area (Å²) in [6.07, 6.45) is 4.76. The molecule has 2 fully saturated rings. The van der Waals surface area contributed by atoms with Crippen LogP contribution >= 0.6 is 0 Å². The number of methoxy groups -OCH3 is 3. The van der Waals surface area contributed by atoms with Crippen LogP contribution in [0.15, 0.2) is 42.5 Å². The topological polar surface area (TPSA) is 60.0 Å². The highest BCUT2D eigenvalue weighted by atomic mass is 16.5. The zero-order valence-electron chi connectivity index (χ0n) is 18.6. The fourth-order valence-corrected chi connectivity index (χ4v) is 5.06. The summed E-state index contributed by atoms with van der Waals surface area (Å²) in [5.74, 6) is 2.65. The van der Waals surface area contributed by atoms with Crippen LogP contribution in [-0.4, -0.2) is 50.3 Å². The van der Waals surface area contributed by atoms with Gasteiger partial charge in [-0.25, -0.2) is 0 Å². The van der Waals surface area contributed by atoms with Crippen LogP contribution in [0.25, 0.3) is 0 Å². The van der Waals surface area contributed by atoms with Crippen molar-refractivity contribution in [3.8, 4) is 17.2 Å². The first-order chi connectivity index (χ1) is 15.1. The van der Waals surface area contributed by atoms with Gasteiger partial charge in [0, 0.05) is 30.2 Å². The molecule has 2 bridgehead atoms. The van der Waals surface area contributed by atoms with Crippen LogP contribution in [0.3, 0.4) is 0 Å². The largest absolute Gasteiger partial charge is 0.497 e. The minimum Gasteiger partial charge on any atom is -0.497 e. The highest BCUT2D eigenvalue weighted by Crippen LogP contribution is 2.38. The molecule has 4 rings (SSSR count). The molecular weight excluding hydrogens is 392 g/mol. The van der Waals surface area contributed by atoms with Crippen LogP contribution in [0, 0.1) is 0 Å². The lowest BCUT2D eigenvalue weighted by molar-refractivity contribution is -0.121. The quantitative estimate of drug-likeness (QED) is 0.702. The molecule has 0 spiro atoms. The molecule has 2 saturated heterocycles. The molecule has 0 aromatic heterocycles. The fourth-order valence-electron chi connectivity index (χ4n) is 5.06. The Hall–Kier alpha value is -2.73. The highest BCUT2D eigenvalue weighted by Gasteiger charge is 2.41.